The van der Waals surface area contributed by atoms with E-state index in [0.29, 0.717) is 15.9 Å². The van der Waals surface area contributed by atoms with Gasteiger partial charge < -0.3 is 0 Å². The highest BCUT2D eigenvalue weighted by molar-refractivity contribution is 6.42. The lowest BCUT2D eigenvalue weighted by atomic mass is 10.1. The Morgan fingerprint density at radius 3 is 2.15 bits per heavy atom. The van der Waals surface area contributed by atoms with Gasteiger partial charge in [0, 0.05) is 25.5 Å². The van der Waals surface area contributed by atoms with Crippen LogP contribution in [0.4, 0.5) is 0 Å². The topological polar surface area (TPSA) is 3.24 Å². The summed E-state index contributed by atoms with van der Waals surface area (Å²) in [4.78, 5) is 2.29. The van der Waals surface area contributed by atoms with Gasteiger partial charge in [-0.3, -0.25) is 4.90 Å². The van der Waals surface area contributed by atoms with Gasteiger partial charge in [0.05, 0.1) is 10.0 Å². The summed E-state index contributed by atoms with van der Waals surface area (Å²) in [5, 5.41) is 1.18. The van der Waals surface area contributed by atoms with E-state index in [1.165, 1.54) is 5.56 Å². The molecule has 20 heavy (non-hydrogen) atoms. The maximum Gasteiger partial charge on any atom is 0.0595 e. The van der Waals surface area contributed by atoms with Gasteiger partial charge in [-0.05, 0) is 23.3 Å². The maximum atomic E-state index is 6.06. The van der Waals surface area contributed by atoms with Crippen molar-refractivity contribution in [1.29, 1.82) is 0 Å². The Morgan fingerprint density at radius 2 is 1.50 bits per heavy atom. The predicted octanol–water partition coefficient (Wildman–Crippen LogP) is 5.23. The Labute approximate surface area is 135 Å². The van der Waals surface area contributed by atoms with Crippen LogP contribution in [-0.2, 0) is 13.1 Å². The quantitative estimate of drug-likeness (QED) is 0.656. The zero-order chi connectivity index (χ0) is 14.4. The van der Waals surface area contributed by atoms with E-state index in [1.54, 1.807) is 0 Å². The Kier molecular flexibility index (Phi) is 6.18. The van der Waals surface area contributed by atoms with Gasteiger partial charge in [-0.2, -0.15) is 0 Å². The van der Waals surface area contributed by atoms with Crippen molar-refractivity contribution in [2.45, 2.75) is 13.1 Å². The van der Waals surface area contributed by atoms with Crippen LogP contribution in [0.15, 0.2) is 48.5 Å². The average molecular weight is 329 g/mol. The zero-order valence-electron chi connectivity index (χ0n) is 11.0. The van der Waals surface area contributed by atoms with Crippen LogP contribution in [0.3, 0.4) is 0 Å². The average Bonchev–Trinajstić information content (AvgIpc) is 2.44. The highest BCUT2D eigenvalue weighted by Gasteiger charge is 2.08. The van der Waals surface area contributed by atoms with Crippen LogP contribution in [0.2, 0.25) is 10.0 Å². The molecule has 0 saturated carbocycles. The molecule has 0 unspecified atom stereocenters. The predicted molar refractivity (Wildman–Crippen MR) is 87.7 cm³/mol. The summed E-state index contributed by atoms with van der Waals surface area (Å²) in [7, 11) is 0. The molecule has 0 atom stereocenters. The smallest absolute Gasteiger partial charge is 0.0595 e. The van der Waals surface area contributed by atoms with Crippen LogP contribution in [0.5, 0.6) is 0 Å². The molecule has 0 bridgehead atoms. The summed E-state index contributed by atoms with van der Waals surface area (Å²) >= 11 is 17.9. The van der Waals surface area contributed by atoms with E-state index in [4.69, 9.17) is 34.8 Å². The molecule has 0 radical (unpaired) electrons. The minimum atomic E-state index is 0.586. The van der Waals surface area contributed by atoms with E-state index >= 15 is 0 Å². The molecule has 0 heterocycles. The van der Waals surface area contributed by atoms with Gasteiger partial charge in [0.25, 0.3) is 0 Å². The summed E-state index contributed by atoms with van der Waals surface area (Å²) in [5.41, 5.74) is 2.41. The standard InChI is InChI=1S/C16H16Cl3N/c17-8-9-20(11-13-4-2-1-3-5-13)12-14-6-7-15(18)16(19)10-14/h1-7,10H,8-9,11-12H2. The molecule has 0 aliphatic heterocycles. The van der Waals surface area contributed by atoms with Crippen molar-refractivity contribution in [1.82, 2.24) is 4.90 Å². The van der Waals surface area contributed by atoms with E-state index in [0.717, 1.165) is 25.2 Å². The van der Waals surface area contributed by atoms with Gasteiger partial charge in [0.1, 0.15) is 0 Å². The molecule has 0 aromatic heterocycles. The van der Waals surface area contributed by atoms with E-state index in [1.807, 2.05) is 36.4 Å². The lowest BCUT2D eigenvalue weighted by Gasteiger charge is -2.21. The first-order valence-corrected chi connectivity index (χ1v) is 7.74. The molecule has 0 amide bonds. The number of alkyl halides is 1. The van der Waals surface area contributed by atoms with E-state index < -0.39 is 0 Å². The minimum absolute atomic E-state index is 0.586. The van der Waals surface area contributed by atoms with Crippen LogP contribution in [0.1, 0.15) is 11.1 Å². The van der Waals surface area contributed by atoms with Crippen molar-refractivity contribution < 1.29 is 0 Å². The van der Waals surface area contributed by atoms with E-state index in [-0.39, 0.29) is 0 Å². The third-order valence-electron chi connectivity index (χ3n) is 3.04. The summed E-state index contributed by atoms with van der Waals surface area (Å²) < 4.78 is 0. The van der Waals surface area contributed by atoms with Crippen molar-refractivity contribution in [2.75, 3.05) is 12.4 Å². The summed E-state index contributed by atoms with van der Waals surface area (Å²) in [5.74, 6) is 0.605. The number of nitrogens with zero attached hydrogens (tertiary/aromatic N) is 1. The number of benzene rings is 2. The maximum absolute atomic E-state index is 6.06. The normalized spacial score (nSPS) is 11.0. The Bertz CT molecular complexity index is 543. The van der Waals surface area contributed by atoms with Crippen molar-refractivity contribution in [3.63, 3.8) is 0 Å². The van der Waals surface area contributed by atoms with Gasteiger partial charge in [-0.25, -0.2) is 0 Å². The minimum Gasteiger partial charge on any atom is -0.294 e. The molecule has 1 nitrogen and oxygen atoms in total. The zero-order valence-corrected chi connectivity index (χ0v) is 13.3. The van der Waals surface area contributed by atoms with Crippen molar-refractivity contribution >= 4 is 34.8 Å². The SMILES string of the molecule is ClCCN(Cc1ccccc1)Cc1ccc(Cl)c(Cl)c1. The number of hydrogen-bond donors (Lipinski definition) is 0. The Hall–Kier alpha value is -0.730. The number of rotatable bonds is 6. The van der Waals surface area contributed by atoms with Gasteiger partial charge >= 0.3 is 0 Å². The second-order valence-electron chi connectivity index (χ2n) is 4.63. The summed E-state index contributed by atoms with van der Waals surface area (Å²) in [6.07, 6.45) is 0. The van der Waals surface area contributed by atoms with Crippen LogP contribution in [0.25, 0.3) is 0 Å². The van der Waals surface area contributed by atoms with Crippen molar-refractivity contribution in [3.8, 4) is 0 Å². The van der Waals surface area contributed by atoms with Gasteiger partial charge in [0.2, 0.25) is 0 Å². The van der Waals surface area contributed by atoms with E-state index in [9.17, 15) is 0 Å². The Morgan fingerprint density at radius 1 is 0.800 bits per heavy atom. The molecule has 2 aromatic rings. The van der Waals surface area contributed by atoms with E-state index in [2.05, 4.69) is 17.0 Å². The van der Waals surface area contributed by atoms with Crippen LogP contribution in [-0.4, -0.2) is 17.3 Å². The molecular weight excluding hydrogens is 313 g/mol. The molecule has 0 aliphatic rings. The van der Waals surface area contributed by atoms with Crippen molar-refractivity contribution in [2.24, 2.45) is 0 Å². The third-order valence-corrected chi connectivity index (χ3v) is 3.95. The largest absolute Gasteiger partial charge is 0.294 e. The molecule has 2 aromatic carbocycles. The van der Waals surface area contributed by atoms with Gasteiger partial charge in [-0.1, -0.05) is 59.6 Å². The van der Waals surface area contributed by atoms with Crippen LogP contribution < -0.4 is 0 Å². The fourth-order valence-electron chi connectivity index (χ4n) is 2.07. The molecule has 106 valence electrons. The monoisotopic (exact) mass is 327 g/mol. The van der Waals surface area contributed by atoms with Gasteiger partial charge in [-0.15, -0.1) is 11.6 Å². The molecule has 0 fully saturated rings. The first kappa shape index (κ1) is 15.7. The third kappa shape index (κ3) is 4.68. The molecule has 0 spiro atoms. The lowest BCUT2D eigenvalue weighted by molar-refractivity contribution is 0.273. The lowest BCUT2D eigenvalue weighted by Crippen LogP contribution is -2.24. The van der Waals surface area contributed by atoms with Crippen LogP contribution in [0, 0.1) is 0 Å². The first-order chi connectivity index (χ1) is 9.69. The highest BCUT2D eigenvalue weighted by Crippen LogP contribution is 2.23. The Balaban J connectivity index is 2.06. The fourth-order valence-corrected chi connectivity index (χ4v) is 2.63. The molecular formula is C16H16Cl3N. The number of halogens is 3. The highest BCUT2D eigenvalue weighted by atomic mass is 35.5. The van der Waals surface area contributed by atoms with Crippen LogP contribution >= 0.6 is 34.8 Å². The first-order valence-electron chi connectivity index (χ1n) is 6.45. The van der Waals surface area contributed by atoms with Gasteiger partial charge in [0.15, 0.2) is 0 Å². The van der Waals surface area contributed by atoms with Crippen molar-refractivity contribution in [3.05, 3.63) is 69.7 Å². The fraction of sp³-hybridized carbons (Fsp3) is 0.250. The summed E-state index contributed by atoms with van der Waals surface area (Å²) in [6.45, 7) is 2.50. The number of hydrogen-bond acceptors (Lipinski definition) is 1. The summed E-state index contributed by atoms with van der Waals surface area (Å²) in [6, 6.07) is 16.1. The second-order valence-corrected chi connectivity index (χ2v) is 5.83. The second kappa shape index (κ2) is 7.90. The molecule has 0 saturated heterocycles. The molecule has 2 rings (SSSR count). The molecule has 0 aliphatic carbocycles. The molecule has 4 heteroatoms. The molecule has 0 N–H and O–H groups in total.